The summed E-state index contributed by atoms with van der Waals surface area (Å²) < 4.78 is 17.2. The zero-order chi connectivity index (χ0) is 25.1. The zero-order valence-electron chi connectivity index (χ0n) is 19.4. The first-order valence-electron chi connectivity index (χ1n) is 11.3. The highest BCUT2D eigenvalue weighted by atomic mass is 35.5. The van der Waals surface area contributed by atoms with Gasteiger partial charge in [0.15, 0.2) is 5.11 Å². The van der Waals surface area contributed by atoms with Gasteiger partial charge in [0.1, 0.15) is 29.9 Å². The van der Waals surface area contributed by atoms with Gasteiger partial charge in [-0.05, 0) is 78.9 Å². The molecule has 36 heavy (non-hydrogen) atoms. The minimum atomic E-state index is -0.301. The van der Waals surface area contributed by atoms with Gasteiger partial charge in [0.2, 0.25) is 0 Å². The fraction of sp³-hybridized carbons (Fsp3) is 0.185. The first-order chi connectivity index (χ1) is 17.5. The minimum absolute atomic E-state index is 0.237. The third kappa shape index (κ3) is 5.06. The van der Waals surface area contributed by atoms with Crippen LogP contribution < -0.4 is 15.0 Å². The molecule has 0 bridgehead atoms. The summed E-state index contributed by atoms with van der Waals surface area (Å²) in [5, 5.41) is 5.12. The summed E-state index contributed by atoms with van der Waals surface area (Å²) in [7, 11) is 1.63. The Kier molecular flexibility index (Phi) is 7.43. The Morgan fingerprint density at radius 1 is 1.03 bits per heavy atom. The summed E-state index contributed by atoms with van der Waals surface area (Å²) in [6.07, 6.45) is 1.77. The summed E-state index contributed by atoms with van der Waals surface area (Å²) in [5.74, 6) is 2.05. The fourth-order valence-corrected chi connectivity index (χ4v) is 4.90. The van der Waals surface area contributed by atoms with E-state index in [4.69, 9.17) is 49.3 Å². The monoisotopic (exact) mass is 539 g/mol. The molecule has 0 spiro atoms. The van der Waals surface area contributed by atoms with Crippen molar-refractivity contribution in [2.75, 3.05) is 25.2 Å². The summed E-state index contributed by atoms with van der Waals surface area (Å²) in [6, 6.07) is 22.3. The van der Waals surface area contributed by atoms with Gasteiger partial charge in [-0.15, -0.1) is 0 Å². The van der Waals surface area contributed by atoms with Gasteiger partial charge in [0.25, 0.3) is 0 Å². The summed E-state index contributed by atoms with van der Waals surface area (Å²) >= 11 is 18.4. The number of anilines is 1. The highest BCUT2D eigenvalue weighted by Crippen LogP contribution is 2.44. The Bertz CT molecular complexity index is 1350. The van der Waals surface area contributed by atoms with Gasteiger partial charge in [0.05, 0.1) is 23.4 Å². The van der Waals surface area contributed by atoms with Crippen LogP contribution >= 0.6 is 35.4 Å². The molecule has 5 rings (SSSR count). The van der Waals surface area contributed by atoms with Crippen molar-refractivity contribution < 1.29 is 13.9 Å². The molecule has 0 aliphatic carbocycles. The number of hydrogen-bond acceptors (Lipinski definition) is 5. The van der Waals surface area contributed by atoms with E-state index in [0.717, 1.165) is 28.5 Å². The molecule has 1 saturated heterocycles. The number of pyridine rings is 1. The zero-order valence-corrected chi connectivity index (χ0v) is 21.7. The standard InChI is InChI=1S/C27H23Cl2N3O3S/c1-33-14-15-34-23-10-9-19(16-20(23)29)32-26(25(31-27(32)36)21-4-2-3-13-30-21)24-12-11-22(35-24)17-5-7-18(28)8-6-17/h2-13,16,25-26H,14-15H2,1H3,(H,31,36)/t25-,26+/m1/s1. The molecule has 1 aliphatic rings. The molecule has 2 aromatic heterocycles. The van der Waals surface area contributed by atoms with Crippen molar-refractivity contribution in [2.24, 2.45) is 0 Å². The number of ether oxygens (including phenoxy) is 2. The predicted molar refractivity (Wildman–Crippen MR) is 146 cm³/mol. The molecule has 184 valence electrons. The van der Waals surface area contributed by atoms with E-state index in [1.807, 2.05) is 77.7 Å². The van der Waals surface area contributed by atoms with Crippen LogP contribution in [0.3, 0.4) is 0 Å². The molecule has 0 radical (unpaired) electrons. The maximum atomic E-state index is 6.58. The van der Waals surface area contributed by atoms with E-state index in [9.17, 15) is 0 Å². The fourth-order valence-electron chi connectivity index (χ4n) is 4.19. The molecule has 0 amide bonds. The van der Waals surface area contributed by atoms with Crippen LogP contribution in [0.1, 0.15) is 23.5 Å². The van der Waals surface area contributed by atoms with E-state index in [-0.39, 0.29) is 12.1 Å². The number of rotatable bonds is 8. The lowest BCUT2D eigenvalue weighted by molar-refractivity contribution is 0.146. The molecule has 0 saturated carbocycles. The SMILES string of the molecule is COCCOc1ccc(N2C(=S)N[C@H](c3ccccn3)[C@@H]2c2ccc(-c3ccc(Cl)cc3)o2)cc1Cl. The largest absolute Gasteiger partial charge is 0.490 e. The normalized spacial score (nSPS) is 17.3. The molecule has 2 aromatic carbocycles. The Labute approximate surface area is 224 Å². The Morgan fingerprint density at radius 3 is 2.58 bits per heavy atom. The van der Waals surface area contributed by atoms with Crippen LogP contribution in [0.15, 0.2) is 83.4 Å². The molecule has 6 nitrogen and oxygen atoms in total. The second kappa shape index (κ2) is 10.9. The van der Waals surface area contributed by atoms with Gasteiger partial charge in [-0.25, -0.2) is 0 Å². The molecule has 9 heteroatoms. The third-order valence-electron chi connectivity index (χ3n) is 5.88. The van der Waals surface area contributed by atoms with Gasteiger partial charge < -0.3 is 24.1 Å². The number of nitrogens with zero attached hydrogens (tertiary/aromatic N) is 2. The number of methoxy groups -OCH3 is 1. The van der Waals surface area contributed by atoms with Gasteiger partial charge >= 0.3 is 0 Å². The summed E-state index contributed by atoms with van der Waals surface area (Å²) in [6.45, 7) is 0.879. The Hall–Kier alpha value is -3.10. The first kappa shape index (κ1) is 24.6. The van der Waals surface area contributed by atoms with Gasteiger partial charge in [-0.1, -0.05) is 29.3 Å². The highest BCUT2D eigenvalue weighted by Gasteiger charge is 2.42. The summed E-state index contributed by atoms with van der Waals surface area (Å²) in [4.78, 5) is 6.59. The van der Waals surface area contributed by atoms with Crippen molar-refractivity contribution in [3.05, 3.63) is 100 Å². The molecule has 1 N–H and O–H groups in total. The lowest BCUT2D eigenvalue weighted by atomic mass is 10.0. The maximum absolute atomic E-state index is 6.58. The number of nitrogens with one attached hydrogen (secondary N) is 1. The summed E-state index contributed by atoms with van der Waals surface area (Å²) in [5.41, 5.74) is 2.59. The average Bonchev–Trinajstić information content (AvgIpc) is 3.51. The molecular weight excluding hydrogens is 517 g/mol. The lowest BCUT2D eigenvalue weighted by Crippen LogP contribution is -2.29. The Morgan fingerprint density at radius 2 is 1.86 bits per heavy atom. The molecule has 1 aliphatic heterocycles. The van der Waals surface area contributed by atoms with Crippen LogP contribution in [0.5, 0.6) is 5.75 Å². The van der Waals surface area contributed by atoms with Crippen molar-refractivity contribution in [1.29, 1.82) is 0 Å². The van der Waals surface area contributed by atoms with Crippen LogP contribution in [0.2, 0.25) is 10.0 Å². The second-order valence-electron chi connectivity index (χ2n) is 8.16. The molecule has 3 heterocycles. The molecule has 2 atom stereocenters. The second-order valence-corrected chi connectivity index (χ2v) is 9.39. The van der Waals surface area contributed by atoms with Gasteiger partial charge in [-0.2, -0.15) is 0 Å². The van der Waals surface area contributed by atoms with Crippen LogP contribution in [-0.4, -0.2) is 30.4 Å². The minimum Gasteiger partial charge on any atom is -0.490 e. The number of aromatic nitrogens is 1. The van der Waals surface area contributed by atoms with E-state index in [0.29, 0.717) is 34.1 Å². The van der Waals surface area contributed by atoms with E-state index >= 15 is 0 Å². The lowest BCUT2D eigenvalue weighted by Gasteiger charge is -2.26. The number of furan rings is 1. The van der Waals surface area contributed by atoms with E-state index in [2.05, 4.69) is 10.3 Å². The van der Waals surface area contributed by atoms with Gasteiger partial charge in [0, 0.05) is 29.6 Å². The number of halogens is 2. The molecule has 0 unspecified atom stereocenters. The number of benzene rings is 2. The van der Waals surface area contributed by atoms with Crippen LogP contribution in [0.4, 0.5) is 5.69 Å². The van der Waals surface area contributed by atoms with E-state index in [1.165, 1.54) is 0 Å². The molecule has 1 fully saturated rings. The van der Waals surface area contributed by atoms with Crippen LogP contribution in [0, 0.1) is 0 Å². The quantitative estimate of drug-likeness (QED) is 0.194. The van der Waals surface area contributed by atoms with Crippen molar-refractivity contribution in [1.82, 2.24) is 10.3 Å². The van der Waals surface area contributed by atoms with Gasteiger partial charge in [-0.3, -0.25) is 4.98 Å². The van der Waals surface area contributed by atoms with E-state index < -0.39 is 0 Å². The van der Waals surface area contributed by atoms with Crippen LogP contribution in [-0.2, 0) is 4.74 Å². The number of hydrogen-bond donors (Lipinski definition) is 1. The molecule has 4 aromatic rings. The topological polar surface area (TPSA) is 59.8 Å². The van der Waals surface area contributed by atoms with Crippen molar-refractivity contribution >= 4 is 46.2 Å². The smallest absolute Gasteiger partial charge is 0.174 e. The first-order valence-corrected chi connectivity index (χ1v) is 12.5. The van der Waals surface area contributed by atoms with Crippen molar-refractivity contribution in [3.63, 3.8) is 0 Å². The van der Waals surface area contributed by atoms with Crippen molar-refractivity contribution in [3.8, 4) is 17.1 Å². The van der Waals surface area contributed by atoms with Crippen LogP contribution in [0.25, 0.3) is 11.3 Å². The molecular formula is C27H23Cl2N3O3S. The van der Waals surface area contributed by atoms with Crippen molar-refractivity contribution in [2.45, 2.75) is 12.1 Å². The maximum Gasteiger partial charge on any atom is 0.174 e. The average molecular weight is 540 g/mol. The third-order valence-corrected chi connectivity index (χ3v) is 6.75. The Balaban J connectivity index is 1.52. The predicted octanol–water partition coefficient (Wildman–Crippen LogP) is 6.85. The highest BCUT2D eigenvalue weighted by molar-refractivity contribution is 7.80. The van der Waals surface area contributed by atoms with E-state index in [1.54, 1.807) is 13.3 Å². The number of thiocarbonyl (C=S) groups is 1.